The molecule has 0 N–H and O–H groups in total. The normalized spacial score (nSPS) is 9.46. The molecular formula is C14H26N2O8. The van der Waals surface area contributed by atoms with E-state index in [1.807, 2.05) is 0 Å². The van der Waals surface area contributed by atoms with E-state index in [1.165, 1.54) is 28.1 Å². The van der Waals surface area contributed by atoms with Crippen LogP contribution in [0.5, 0.6) is 0 Å². The van der Waals surface area contributed by atoms with Gasteiger partial charge >= 0.3 is 11.9 Å². The molecule has 24 heavy (non-hydrogen) atoms. The number of nitrogens with zero attached hydrogens (tertiary/aromatic N) is 2. The van der Waals surface area contributed by atoms with Crippen LogP contribution in [0.3, 0.4) is 0 Å². The molecule has 0 rings (SSSR count). The van der Waals surface area contributed by atoms with Gasteiger partial charge in [-0.1, -0.05) is 6.58 Å². The van der Waals surface area contributed by atoms with Gasteiger partial charge in [-0.15, -0.1) is 0 Å². The molecule has 0 heterocycles. The third kappa shape index (κ3) is 17.5. The number of carbonyl (C=O) groups excluding carboxylic acids is 2. The van der Waals surface area contributed by atoms with Crippen molar-refractivity contribution in [3.8, 4) is 0 Å². The maximum atomic E-state index is 10.6. The third-order valence-electron chi connectivity index (χ3n) is 2.45. The van der Waals surface area contributed by atoms with Crippen LogP contribution in [0.4, 0.5) is 0 Å². The summed E-state index contributed by atoms with van der Waals surface area (Å²) in [6.07, 6.45) is 1.40. The quantitative estimate of drug-likeness (QED) is 0.307. The van der Waals surface area contributed by atoms with Crippen LogP contribution >= 0.6 is 0 Å². The van der Waals surface area contributed by atoms with Crippen molar-refractivity contribution in [1.82, 2.24) is 0 Å². The minimum atomic E-state index is -1.05. The van der Waals surface area contributed by atoms with Crippen LogP contribution in [0.25, 0.3) is 0 Å². The Morgan fingerprint density at radius 1 is 1.17 bits per heavy atom. The van der Waals surface area contributed by atoms with Crippen LogP contribution < -0.4 is 0 Å². The smallest absolute Gasteiger partial charge is 0.329 e. The molecule has 0 radical (unpaired) electrons. The van der Waals surface area contributed by atoms with E-state index in [1.54, 1.807) is 13.8 Å². The van der Waals surface area contributed by atoms with E-state index in [4.69, 9.17) is 0 Å². The fourth-order valence-electron chi connectivity index (χ4n) is 0.685. The predicted octanol–water partition coefficient (Wildman–Crippen LogP) is 2.01. The molecule has 0 unspecified atom stereocenters. The van der Waals surface area contributed by atoms with E-state index in [2.05, 4.69) is 16.1 Å². The molecule has 10 heteroatoms. The van der Waals surface area contributed by atoms with Gasteiger partial charge in [-0.2, -0.15) is 0 Å². The number of nitro groups is 2. The fraction of sp³-hybridized carbons (Fsp3) is 0.714. The second-order valence-corrected chi connectivity index (χ2v) is 5.25. The largest absolute Gasteiger partial charge is 0.469 e. The van der Waals surface area contributed by atoms with Gasteiger partial charge in [-0.05, 0) is 0 Å². The highest BCUT2D eigenvalue weighted by Crippen LogP contribution is 2.15. The predicted molar refractivity (Wildman–Crippen MR) is 86.7 cm³/mol. The lowest BCUT2D eigenvalue weighted by Gasteiger charge is -2.13. The SMILES string of the molecule is C=CC(=O)OC.CC(C)[N+](=O)[O-].COC(=O)CCC(C)(C)[N+](=O)[O-]. The first-order valence-corrected chi connectivity index (χ1v) is 6.90. The number of esters is 2. The summed E-state index contributed by atoms with van der Waals surface area (Å²) < 4.78 is 8.51. The van der Waals surface area contributed by atoms with E-state index < -0.39 is 28.4 Å². The molecule has 0 saturated carbocycles. The Bertz CT molecular complexity index is 432. The zero-order valence-electron chi connectivity index (χ0n) is 14.9. The summed E-state index contributed by atoms with van der Waals surface area (Å²) >= 11 is 0. The van der Waals surface area contributed by atoms with Gasteiger partial charge in [0.15, 0.2) is 0 Å². The van der Waals surface area contributed by atoms with Crippen molar-refractivity contribution in [3.05, 3.63) is 32.9 Å². The second kappa shape index (κ2) is 14.1. The number of ether oxygens (including phenoxy) is 2. The molecule has 10 nitrogen and oxygen atoms in total. The molecule has 0 aliphatic carbocycles. The van der Waals surface area contributed by atoms with E-state index in [9.17, 15) is 29.8 Å². The standard InChI is InChI=1S/C7H13NO4.C4H6O2.C3H7NO2/c1-7(2,8(10)11)5-4-6(9)12-3;1-3-4(5)6-2;1-3(2)4(5)6/h4-5H2,1-3H3;3H,1H2,2H3;3H,1-2H3. The summed E-state index contributed by atoms with van der Waals surface area (Å²) in [5, 5.41) is 19.9. The molecule has 140 valence electrons. The van der Waals surface area contributed by atoms with Crippen LogP contribution in [0.1, 0.15) is 40.5 Å². The second-order valence-electron chi connectivity index (χ2n) is 5.25. The van der Waals surface area contributed by atoms with Crippen LogP contribution in [0, 0.1) is 20.2 Å². The van der Waals surface area contributed by atoms with Gasteiger partial charge in [0.1, 0.15) is 0 Å². The molecule has 0 aliphatic heterocycles. The lowest BCUT2D eigenvalue weighted by atomic mass is 10.00. The Labute approximate surface area is 141 Å². The minimum Gasteiger partial charge on any atom is -0.469 e. The monoisotopic (exact) mass is 350 g/mol. The fourth-order valence-corrected chi connectivity index (χ4v) is 0.685. The topological polar surface area (TPSA) is 139 Å². The van der Waals surface area contributed by atoms with Crippen molar-refractivity contribution in [2.75, 3.05) is 14.2 Å². The van der Waals surface area contributed by atoms with Gasteiger partial charge in [-0.3, -0.25) is 25.0 Å². The highest BCUT2D eigenvalue weighted by molar-refractivity contribution is 5.80. The summed E-state index contributed by atoms with van der Waals surface area (Å²) in [4.78, 5) is 39.6. The average molecular weight is 350 g/mol. The lowest BCUT2D eigenvalue weighted by molar-refractivity contribution is -0.561. The summed E-state index contributed by atoms with van der Waals surface area (Å²) in [5.74, 6) is -0.806. The first kappa shape index (κ1) is 26.4. The van der Waals surface area contributed by atoms with Crippen LogP contribution in [0.15, 0.2) is 12.7 Å². The maximum absolute atomic E-state index is 10.6. The van der Waals surface area contributed by atoms with Gasteiger partial charge < -0.3 is 9.47 Å². The molecule has 0 aromatic heterocycles. The summed E-state index contributed by atoms with van der Waals surface area (Å²) in [5.41, 5.74) is -1.05. The van der Waals surface area contributed by atoms with Gasteiger partial charge in [-0.25, -0.2) is 4.79 Å². The first-order chi connectivity index (χ1) is 10.8. The lowest BCUT2D eigenvalue weighted by Crippen LogP contribution is -2.31. The van der Waals surface area contributed by atoms with E-state index >= 15 is 0 Å². The van der Waals surface area contributed by atoms with Crippen LogP contribution in [-0.2, 0) is 19.1 Å². The Morgan fingerprint density at radius 3 is 1.75 bits per heavy atom. The molecule has 0 saturated heterocycles. The average Bonchev–Trinajstić information content (AvgIpc) is 2.52. The molecule has 0 amide bonds. The van der Waals surface area contributed by atoms with E-state index in [0.717, 1.165) is 6.08 Å². The number of carbonyl (C=O) groups is 2. The summed E-state index contributed by atoms with van der Waals surface area (Å²) in [6, 6.07) is -0.426. The number of methoxy groups -OCH3 is 2. The Kier molecular flexibility index (Phi) is 15.5. The van der Waals surface area contributed by atoms with Crippen molar-refractivity contribution in [2.45, 2.75) is 52.1 Å². The molecule has 0 spiro atoms. The summed E-state index contributed by atoms with van der Waals surface area (Å²) in [7, 11) is 2.57. The molecule has 0 fully saturated rings. The van der Waals surface area contributed by atoms with E-state index in [0.29, 0.717) is 0 Å². The zero-order chi connectivity index (χ0) is 19.9. The maximum Gasteiger partial charge on any atom is 0.329 e. The zero-order valence-corrected chi connectivity index (χ0v) is 14.9. The molecule has 0 bridgehead atoms. The van der Waals surface area contributed by atoms with Crippen LogP contribution in [-0.4, -0.2) is 47.6 Å². The number of hydrogen-bond donors (Lipinski definition) is 0. The van der Waals surface area contributed by atoms with Crippen molar-refractivity contribution in [3.63, 3.8) is 0 Å². The van der Waals surface area contributed by atoms with E-state index in [-0.39, 0.29) is 17.8 Å². The number of rotatable bonds is 6. The van der Waals surface area contributed by atoms with Crippen LogP contribution in [0.2, 0.25) is 0 Å². The summed E-state index contributed by atoms with van der Waals surface area (Å²) in [6.45, 7) is 9.20. The highest BCUT2D eigenvalue weighted by atomic mass is 16.6. The van der Waals surface area contributed by atoms with Crippen molar-refractivity contribution in [1.29, 1.82) is 0 Å². The van der Waals surface area contributed by atoms with Crippen molar-refractivity contribution in [2.24, 2.45) is 0 Å². The van der Waals surface area contributed by atoms with Gasteiger partial charge in [0, 0.05) is 50.0 Å². The number of hydrogen-bond acceptors (Lipinski definition) is 8. The highest BCUT2D eigenvalue weighted by Gasteiger charge is 2.31. The molecule has 0 aliphatic rings. The van der Waals surface area contributed by atoms with Gasteiger partial charge in [0.25, 0.3) is 0 Å². The molecule has 0 aromatic carbocycles. The van der Waals surface area contributed by atoms with Gasteiger partial charge in [0.2, 0.25) is 11.6 Å². The molecule has 0 atom stereocenters. The Morgan fingerprint density at radius 2 is 1.58 bits per heavy atom. The Hall–Kier alpha value is -2.52. The molecular weight excluding hydrogens is 324 g/mol. The van der Waals surface area contributed by atoms with Crippen molar-refractivity contribution < 1.29 is 28.9 Å². The minimum absolute atomic E-state index is 0.0878. The van der Waals surface area contributed by atoms with Crippen molar-refractivity contribution >= 4 is 11.9 Å². The first-order valence-electron chi connectivity index (χ1n) is 6.90. The third-order valence-corrected chi connectivity index (χ3v) is 2.45. The van der Waals surface area contributed by atoms with Gasteiger partial charge in [0.05, 0.1) is 20.6 Å². The Balaban J connectivity index is -0.000000309. The molecule has 0 aromatic rings.